The predicted molar refractivity (Wildman–Crippen MR) is 170 cm³/mol. The molecule has 0 spiro atoms. The molecule has 3 aliphatic rings. The Labute approximate surface area is 264 Å². The normalized spacial score (nSPS) is 26.8. The Bertz CT molecular complexity index is 1440. The van der Waals surface area contributed by atoms with Crippen molar-refractivity contribution in [3.05, 3.63) is 56.7 Å². The van der Waals surface area contributed by atoms with E-state index in [1.807, 2.05) is 47.6 Å². The highest BCUT2D eigenvalue weighted by Crippen LogP contribution is 2.37. The molecule has 0 bridgehead atoms. The lowest BCUT2D eigenvalue weighted by molar-refractivity contribution is -0.138. The second-order valence-electron chi connectivity index (χ2n) is 12.4. The lowest BCUT2D eigenvalue weighted by Crippen LogP contribution is -2.32. The molecule has 0 aromatic carbocycles. The molecular weight excluding hydrogens is 580 g/mol. The molecule has 0 radical (unpaired) electrons. The number of amides is 2. The van der Waals surface area contributed by atoms with Crippen molar-refractivity contribution in [3.8, 4) is 0 Å². The summed E-state index contributed by atoms with van der Waals surface area (Å²) in [6.45, 7) is 11.8. The van der Waals surface area contributed by atoms with Gasteiger partial charge in [0.25, 0.3) is 0 Å². The van der Waals surface area contributed by atoms with Crippen LogP contribution in [0.5, 0.6) is 0 Å². The molecule has 2 amide bonds. The van der Waals surface area contributed by atoms with Crippen molar-refractivity contribution in [3.63, 3.8) is 0 Å². The highest BCUT2D eigenvalue weighted by molar-refractivity contribution is 7.80. The maximum atomic E-state index is 12.5. The molecule has 5 N–H and O–H groups in total. The van der Waals surface area contributed by atoms with Crippen molar-refractivity contribution in [1.82, 2.24) is 20.9 Å². The second kappa shape index (κ2) is 13.7. The molecule has 0 aliphatic carbocycles. The molecule has 44 heavy (non-hydrogen) atoms. The summed E-state index contributed by atoms with van der Waals surface area (Å²) in [4.78, 5) is 53.1. The summed E-state index contributed by atoms with van der Waals surface area (Å²) in [7, 11) is 0. The molecule has 10 nitrogen and oxygen atoms in total. The van der Waals surface area contributed by atoms with Crippen molar-refractivity contribution in [2.24, 2.45) is 17.8 Å². The molecule has 1 aromatic rings. The smallest absolute Gasteiger partial charge is 0.303 e. The topological polar surface area (TPSA) is 159 Å². The standard InChI is InChI=1S/C33H45N4O6S/c1-7-20-15(2)25(36-33(20)43)12-23-16(3)21(8-10-29(38)39)26(34-23)14-27-22(9-11-30(40)41)17(4)24(35-27)13-28-31(19(6)44)18(5)32(42)37-28/h13,17-19,25,28,31,35,44H,7-12,14H2,1-6H3,(H,36,43)(H,37,42)(H,38,39)(H,40,41)/q-1/b24-13+/t17?,18-,19+,25-,28?,31+/m1/s1. The minimum absolute atomic E-state index is 0.00484. The lowest BCUT2D eigenvalue weighted by atomic mass is 9.87. The zero-order valence-electron chi connectivity index (χ0n) is 26.4. The molecule has 11 heteroatoms. The number of thiol groups is 1. The number of allylic oxidation sites excluding steroid dienone is 2. The van der Waals surface area contributed by atoms with Crippen LogP contribution in [0.3, 0.4) is 0 Å². The first-order valence-electron chi connectivity index (χ1n) is 15.5. The summed E-state index contributed by atoms with van der Waals surface area (Å²) < 4.78 is 0. The fraction of sp³-hybridized carbons (Fsp3) is 0.576. The van der Waals surface area contributed by atoms with Crippen LogP contribution < -0.4 is 20.9 Å². The van der Waals surface area contributed by atoms with E-state index in [2.05, 4.69) is 28.6 Å². The van der Waals surface area contributed by atoms with E-state index in [9.17, 15) is 29.4 Å². The van der Waals surface area contributed by atoms with E-state index in [-0.39, 0.29) is 59.7 Å². The van der Waals surface area contributed by atoms with Gasteiger partial charge in [0.05, 0.1) is 12.1 Å². The van der Waals surface area contributed by atoms with Gasteiger partial charge < -0.3 is 31.1 Å². The van der Waals surface area contributed by atoms with Crippen LogP contribution in [-0.2, 0) is 38.4 Å². The molecule has 2 unspecified atom stereocenters. The van der Waals surface area contributed by atoms with Gasteiger partial charge in [-0.1, -0.05) is 38.8 Å². The average Bonchev–Trinajstić information content (AvgIpc) is 3.59. The monoisotopic (exact) mass is 625 g/mol. The number of rotatable bonds is 13. The van der Waals surface area contributed by atoms with Crippen LogP contribution in [0, 0.1) is 24.7 Å². The van der Waals surface area contributed by atoms with Gasteiger partial charge in [0, 0.05) is 52.8 Å². The minimum atomic E-state index is -0.896. The number of aliphatic carboxylic acids is 2. The van der Waals surface area contributed by atoms with Crippen LogP contribution >= 0.6 is 12.6 Å². The van der Waals surface area contributed by atoms with E-state index in [0.29, 0.717) is 32.1 Å². The summed E-state index contributed by atoms with van der Waals surface area (Å²) in [6, 6.07) is -0.375. The van der Waals surface area contributed by atoms with Gasteiger partial charge in [-0.2, -0.15) is 24.0 Å². The fourth-order valence-electron chi connectivity index (χ4n) is 7.07. The predicted octanol–water partition coefficient (Wildman–Crippen LogP) is 3.59. The quantitative estimate of drug-likeness (QED) is 0.182. The molecular formula is C33H45N4O6S-. The molecule has 0 saturated carbocycles. The third-order valence-electron chi connectivity index (χ3n) is 9.68. The molecule has 4 heterocycles. The molecule has 6 atom stereocenters. The number of carbonyl (C=O) groups excluding carboxylic acids is 2. The molecule has 1 aromatic heterocycles. The Morgan fingerprint density at radius 2 is 1.70 bits per heavy atom. The summed E-state index contributed by atoms with van der Waals surface area (Å²) >= 11 is 4.66. The molecule has 3 aliphatic heterocycles. The van der Waals surface area contributed by atoms with E-state index in [4.69, 9.17) is 4.98 Å². The van der Waals surface area contributed by atoms with E-state index < -0.39 is 11.9 Å². The molecule has 1 saturated heterocycles. The van der Waals surface area contributed by atoms with Crippen LogP contribution in [0.1, 0.15) is 82.8 Å². The van der Waals surface area contributed by atoms with Crippen molar-refractivity contribution >= 4 is 36.4 Å². The van der Waals surface area contributed by atoms with E-state index in [0.717, 1.165) is 50.6 Å². The maximum absolute atomic E-state index is 12.5. The largest absolute Gasteiger partial charge is 0.664 e. The minimum Gasteiger partial charge on any atom is -0.664 e. The van der Waals surface area contributed by atoms with Crippen LogP contribution in [-0.4, -0.2) is 51.3 Å². The van der Waals surface area contributed by atoms with Crippen molar-refractivity contribution < 1.29 is 29.4 Å². The van der Waals surface area contributed by atoms with Crippen LogP contribution in [0.25, 0.3) is 0 Å². The lowest BCUT2D eigenvalue weighted by Gasteiger charge is -2.23. The summed E-state index contributed by atoms with van der Waals surface area (Å²) in [5, 5.41) is 28.7. The maximum Gasteiger partial charge on any atom is 0.303 e. The van der Waals surface area contributed by atoms with Gasteiger partial charge in [-0.3, -0.25) is 19.2 Å². The van der Waals surface area contributed by atoms with Gasteiger partial charge in [-0.15, -0.1) is 0 Å². The highest BCUT2D eigenvalue weighted by Gasteiger charge is 2.41. The second-order valence-corrected chi connectivity index (χ2v) is 13.2. The van der Waals surface area contributed by atoms with Crippen molar-refractivity contribution in [2.45, 2.75) is 104 Å². The van der Waals surface area contributed by atoms with Gasteiger partial charge in [0.15, 0.2) is 0 Å². The first-order valence-corrected chi connectivity index (χ1v) is 16.0. The van der Waals surface area contributed by atoms with E-state index in [1.54, 1.807) is 0 Å². The summed E-state index contributed by atoms with van der Waals surface area (Å²) in [6.07, 6.45) is 4.20. The zero-order valence-corrected chi connectivity index (χ0v) is 27.3. The average molecular weight is 626 g/mol. The van der Waals surface area contributed by atoms with Crippen LogP contribution in [0.15, 0.2) is 34.2 Å². The summed E-state index contributed by atoms with van der Waals surface area (Å²) in [5.74, 6) is -2.11. The van der Waals surface area contributed by atoms with E-state index >= 15 is 0 Å². The Morgan fingerprint density at radius 1 is 1.05 bits per heavy atom. The van der Waals surface area contributed by atoms with Gasteiger partial charge in [-0.05, 0) is 63.2 Å². The van der Waals surface area contributed by atoms with Crippen LogP contribution in [0.4, 0.5) is 0 Å². The number of carboxylic acid groups (broad SMARTS) is 2. The van der Waals surface area contributed by atoms with E-state index in [1.165, 1.54) is 0 Å². The molecule has 1 fully saturated rings. The first kappa shape index (κ1) is 33.4. The third-order valence-corrected chi connectivity index (χ3v) is 10.0. The SMILES string of the molecule is CCC1=C(C)[C@@H](Cc2[n-]c(CC3=C(CCC(=O)O)C(C)/C(=C\C4NC(=O)[C@H](C)[C@H]4[C@H](C)S)N3)c(CCC(=O)O)c2C)NC1=O. The molecule has 240 valence electrons. The zero-order chi connectivity index (χ0) is 32.5. The number of aromatic nitrogens is 1. The number of carbonyl (C=O) groups is 4. The first-order chi connectivity index (χ1) is 20.7. The highest BCUT2D eigenvalue weighted by atomic mass is 32.1. The number of hydrogen-bond acceptors (Lipinski definition) is 6. The summed E-state index contributed by atoms with van der Waals surface area (Å²) in [5.41, 5.74) is 7.91. The Balaban J connectivity index is 1.68. The molecule has 4 rings (SSSR count). The van der Waals surface area contributed by atoms with Crippen molar-refractivity contribution in [1.29, 1.82) is 0 Å². The number of carboxylic acids is 2. The fourth-order valence-corrected chi connectivity index (χ4v) is 7.51. The van der Waals surface area contributed by atoms with Gasteiger partial charge in [0.2, 0.25) is 11.8 Å². The number of hydrogen-bond donors (Lipinski definition) is 6. The number of nitrogens with one attached hydrogen (secondary N) is 3. The number of nitrogens with zero attached hydrogens (tertiary/aromatic N) is 1. The third kappa shape index (κ3) is 6.92. The van der Waals surface area contributed by atoms with Gasteiger partial charge >= 0.3 is 11.9 Å². The van der Waals surface area contributed by atoms with Crippen LogP contribution in [0.2, 0.25) is 0 Å². The van der Waals surface area contributed by atoms with Gasteiger partial charge in [0.1, 0.15) is 0 Å². The van der Waals surface area contributed by atoms with Gasteiger partial charge in [-0.25, -0.2) is 0 Å². The Morgan fingerprint density at radius 3 is 2.30 bits per heavy atom. The Hall–Kier alpha value is -3.47. The Kier molecular flexibility index (Phi) is 10.4. The van der Waals surface area contributed by atoms with Crippen molar-refractivity contribution in [2.75, 3.05) is 0 Å².